The predicted molar refractivity (Wildman–Crippen MR) is 226 cm³/mol. The van der Waals surface area contributed by atoms with E-state index in [4.69, 9.17) is 18.7 Å². The van der Waals surface area contributed by atoms with Crippen LogP contribution in [0.5, 0.6) is 0 Å². The van der Waals surface area contributed by atoms with Crippen LogP contribution in [0.15, 0.2) is 150 Å². The molecule has 11 rings (SSSR count). The number of fused-ring (bicyclic) bond motifs is 12. The Labute approximate surface area is 313 Å². The zero-order valence-corrected chi connectivity index (χ0v) is 30.6. The smallest absolute Gasteiger partial charge is 0.456 e. The van der Waals surface area contributed by atoms with E-state index in [0.29, 0.717) is 0 Å². The summed E-state index contributed by atoms with van der Waals surface area (Å²) in [4.78, 5) is 5.40. The van der Waals surface area contributed by atoms with E-state index in [1.54, 1.807) is 0 Å². The molecule has 0 aliphatic carbocycles. The van der Waals surface area contributed by atoms with E-state index in [0.717, 1.165) is 71.5 Å². The molecule has 8 aromatic carbocycles. The Morgan fingerprint density at radius 1 is 0.444 bits per heavy atom. The first-order valence-electron chi connectivity index (χ1n) is 18.7. The first kappa shape index (κ1) is 31.5. The van der Waals surface area contributed by atoms with Gasteiger partial charge in [0.15, 0.2) is 0 Å². The van der Waals surface area contributed by atoms with Crippen molar-refractivity contribution in [1.29, 1.82) is 0 Å². The number of furan rings is 1. The van der Waals surface area contributed by atoms with Gasteiger partial charge in [0.25, 0.3) is 0 Å². The highest BCUT2D eigenvalue weighted by molar-refractivity contribution is 6.62. The summed E-state index contributed by atoms with van der Waals surface area (Å²) in [5.41, 5.74) is 6.89. The highest BCUT2D eigenvalue weighted by Crippen LogP contribution is 2.48. The topological polar surface area (TPSA) is 44.5 Å². The van der Waals surface area contributed by atoms with Gasteiger partial charge in [0.1, 0.15) is 11.2 Å². The zero-order valence-electron chi connectivity index (χ0n) is 30.6. The standard InChI is InChI=1S/C49H36BNO3/c1-48(2)49(3,4)54-50(53-48)31-15-13-14-30(26-31)47-40-28-43-46(38-21-10-12-23-42(38)52-43)44(45(40)37-20-9-11-22-41(37)51-47)29-24-25-36-34-18-6-5-16-32(34)33-17-7-8-19-35(33)39(36)27-29/h5-28H,1-4H3. The highest BCUT2D eigenvalue weighted by atomic mass is 16.7. The van der Waals surface area contributed by atoms with Gasteiger partial charge in [0.05, 0.1) is 22.4 Å². The number of nitrogens with zero attached hydrogens (tertiary/aromatic N) is 1. The van der Waals surface area contributed by atoms with Crippen LogP contribution < -0.4 is 5.46 Å². The second-order valence-corrected chi connectivity index (χ2v) is 15.7. The SMILES string of the molecule is CC1(C)OB(c2cccc(-c3nc4ccccc4c4c(-c5ccc6c7ccccc7c7ccccc7c6c5)c5c(cc34)oc3ccccc35)c2)OC1(C)C. The van der Waals surface area contributed by atoms with Crippen LogP contribution in [0.25, 0.3) is 98.3 Å². The van der Waals surface area contributed by atoms with Gasteiger partial charge in [-0.2, -0.15) is 0 Å². The number of hydrogen-bond donors (Lipinski definition) is 0. The third-order valence-electron chi connectivity index (χ3n) is 12.0. The number of benzene rings is 8. The molecule has 1 saturated heterocycles. The van der Waals surface area contributed by atoms with Crippen molar-refractivity contribution < 1.29 is 13.7 Å². The maximum absolute atomic E-state index is 6.72. The van der Waals surface area contributed by atoms with Gasteiger partial charge in [0, 0.05) is 38.1 Å². The lowest BCUT2D eigenvalue weighted by Crippen LogP contribution is -2.41. The molecule has 0 saturated carbocycles. The van der Waals surface area contributed by atoms with Gasteiger partial charge in [-0.3, -0.25) is 0 Å². The Morgan fingerprint density at radius 2 is 1.04 bits per heavy atom. The Morgan fingerprint density at radius 3 is 1.74 bits per heavy atom. The Balaban J connectivity index is 1.26. The Bertz CT molecular complexity index is 3140. The van der Waals surface area contributed by atoms with Crippen molar-refractivity contribution in [2.75, 3.05) is 0 Å². The summed E-state index contributed by atoms with van der Waals surface area (Å²) in [5, 5.41) is 13.0. The summed E-state index contributed by atoms with van der Waals surface area (Å²) in [7, 11) is -0.484. The van der Waals surface area contributed by atoms with Gasteiger partial charge in [0.2, 0.25) is 0 Å². The first-order chi connectivity index (χ1) is 26.3. The molecule has 1 aliphatic heterocycles. The van der Waals surface area contributed by atoms with Gasteiger partial charge in [-0.25, -0.2) is 4.98 Å². The summed E-state index contributed by atoms with van der Waals surface area (Å²) >= 11 is 0. The van der Waals surface area contributed by atoms with Crippen LogP contribution in [0.4, 0.5) is 0 Å². The lowest BCUT2D eigenvalue weighted by Gasteiger charge is -2.32. The van der Waals surface area contributed by atoms with Crippen molar-refractivity contribution in [2.24, 2.45) is 0 Å². The highest BCUT2D eigenvalue weighted by Gasteiger charge is 2.51. The summed E-state index contributed by atoms with van der Waals surface area (Å²) in [6.07, 6.45) is 0. The molecule has 0 unspecified atom stereocenters. The van der Waals surface area contributed by atoms with Gasteiger partial charge in [-0.05, 0) is 95.3 Å². The summed E-state index contributed by atoms with van der Waals surface area (Å²) in [6, 6.07) is 52.1. The first-order valence-corrected chi connectivity index (χ1v) is 18.7. The lowest BCUT2D eigenvalue weighted by molar-refractivity contribution is 0.00578. The van der Waals surface area contributed by atoms with Gasteiger partial charge >= 0.3 is 7.12 Å². The fourth-order valence-corrected chi connectivity index (χ4v) is 8.70. The third-order valence-corrected chi connectivity index (χ3v) is 12.0. The molecule has 0 spiro atoms. The van der Waals surface area contributed by atoms with Crippen LogP contribution in [0.2, 0.25) is 0 Å². The van der Waals surface area contributed by atoms with Crippen molar-refractivity contribution in [1.82, 2.24) is 4.98 Å². The molecule has 10 aromatic rings. The number of aromatic nitrogens is 1. The Kier molecular flexibility index (Phi) is 6.57. The van der Waals surface area contributed by atoms with Gasteiger partial charge < -0.3 is 13.7 Å². The van der Waals surface area contributed by atoms with Gasteiger partial charge in [-0.15, -0.1) is 0 Å². The zero-order chi connectivity index (χ0) is 36.3. The van der Waals surface area contributed by atoms with E-state index in [9.17, 15) is 0 Å². The van der Waals surface area contributed by atoms with Crippen molar-refractivity contribution in [2.45, 2.75) is 38.9 Å². The van der Waals surface area contributed by atoms with Crippen LogP contribution in [0.1, 0.15) is 27.7 Å². The second-order valence-electron chi connectivity index (χ2n) is 15.7. The molecular weight excluding hydrogens is 661 g/mol. The average molecular weight is 698 g/mol. The maximum Gasteiger partial charge on any atom is 0.494 e. The molecule has 1 fully saturated rings. The van der Waals surface area contributed by atoms with Crippen LogP contribution in [0, 0.1) is 0 Å². The molecular formula is C49H36BNO3. The van der Waals surface area contributed by atoms with E-state index in [1.807, 2.05) is 6.07 Å². The molecule has 0 N–H and O–H groups in total. The second kappa shape index (κ2) is 11.3. The molecule has 0 radical (unpaired) electrons. The summed E-state index contributed by atoms with van der Waals surface area (Å²) in [5.74, 6) is 0. The minimum absolute atomic E-state index is 0.444. The monoisotopic (exact) mass is 697 g/mol. The summed E-state index contributed by atoms with van der Waals surface area (Å²) < 4.78 is 19.7. The van der Waals surface area contributed by atoms with E-state index in [2.05, 4.69) is 167 Å². The third kappa shape index (κ3) is 4.49. The van der Waals surface area contributed by atoms with Crippen molar-refractivity contribution >= 4 is 88.5 Å². The largest absolute Gasteiger partial charge is 0.494 e. The molecule has 258 valence electrons. The molecule has 5 heteroatoms. The van der Waals surface area contributed by atoms with E-state index < -0.39 is 18.3 Å². The number of para-hydroxylation sites is 2. The van der Waals surface area contributed by atoms with Crippen molar-refractivity contribution in [3.63, 3.8) is 0 Å². The number of rotatable bonds is 3. The molecule has 1 aliphatic rings. The minimum atomic E-state index is -0.484. The van der Waals surface area contributed by atoms with Crippen molar-refractivity contribution in [3.05, 3.63) is 146 Å². The van der Waals surface area contributed by atoms with Crippen LogP contribution in [-0.2, 0) is 9.31 Å². The fraction of sp³-hybridized carbons (Fsp3) is 0.122. The van der Waals surface area contributed by atoms with Crippen LogP contribution in [0.3, 0.4) is 0 Å². The van der Waals surface area contributed by atoms with E-state index >= 15 is 0 Å². The van der Waals surface area contributed by atoms with Crippen LogP contribution >= 0.6 is 0 Å². The van der Waals surface area contributed by atoms with E-state index in [1.165, 1.54) is 32.3 Å². The molecule has 0 atom stereocenters. The fourth-order valence-electron chi connectivity index (χ4n) is 8.70. The molecule has 54 heavy (non-hydrogen) atoms. The molecule has 4 nitrogen and oxygen atoms in total. The van der Waals surface area contributed by atoms with Crippen LogP contribution in [-0.4, -0.2) is 23.3 Å². The molecule has 0 amide bonds. The van der Waals surface area contributed by atoms with Gasteiger partial charge in [-0.1, -0.05) is 121 Å². The predicted octanol–water partition coefficient (Wildman–Crippen LogP) is 12.4. The van der Waals surface area contributed by atoms with E-state index in [-0.39, 0.29) is 0 Å². The quantitative estimate of drug-likeness (QED) is 0.136. The minimum Gasteiger partial charge on any atom is -0.456 e. The molecule has 3 heterocycles. The average Bonchev–Trinajstić information content (AvgIpc) is 3.68. The van der Waals surface area contributed by atoms with Crippen molar-refractivity contribution in [3.8, 4) is 22.4 Å². The number of hydrogen-bond acceptors (Lipinski definition) is 4. The molecule has 2 aromatic heterocycles. The lowest BCUT2D eigenvalue weighted by atomic mass is 9.78. The maximum atomic E-state index is 6.72. The summed E-state index contributed by atoms with van der Waals surface area (Å²) in [6.45, 7) is 8.36. The number of pyridine rings is 1. The Hall–Kier alpha value is -6.01. The normalized spacial score (nSPS) is 15.5. The molecule has 0 bridgehead atoms.